The molecule has 0 radical (unpaired) electrons. The van der Waals surface area contributed by atoms with Crippen LogP contribution in [0.4, 0.5) is 5.95 Å². The van der Waals surface area contributed by atoms with Gasteiger partial charge in [0.15, 0.2) is 0 Å². The second-order valence-electron chi connectivity index (χ2n) is 6.73. The summed E-state index contributed by atoms with van der Waals surface area (Å²) in [5.41, 5.74) is 3.27. The minimum Gasteiger partial charge on any atom is -0.382 e. The SMILES string of the molecule is CCOCCCn1c(NC(=O)c2ccc(-n3cc(Br)cn3)cc2)nc2ccccc21. The quantitative estimate of drug-likeness (QED) is 0.382. The van der Waals surface area contributed by atoms with Crippen molar-refractivity contribution < 1.29 is 9.53 Å². The van der Waals surface area contributed by atoms with Gasteiger partial charge in [-0.05, 0) is 65.7 Å². The topological polar surface area (TPSA) is 74.0 Å². The van der Waals surface area contributed by atoms with Gasteiger partial charge in [0.25, 0.3) is 5.91 Å². The summed E-state index contributed by atoms with van der Waals surface area (Å²) in [5, 5.41) is 7.21. The molecule has 0 saturated heterocycles. The molecule has 154 valence electrons. The first-order chi connectivity index (χ1) is 14.7. The van der Waals surface area contributed by atoms with Crippen molar-refractivity contribution >= 4 is 38.8 Å². The van der Waals surface area contributed by atoms with Gasteiger partial charge >= 0.3 is 0 Å². The van der Waals surface area contributed by atoms with Gasteiger partial charge in [-0.25, -0.2) is 9.67 Å². The molecule has 1 amide bonds. The van der Waals surface area contributed by atoms with E-state index < -0.39 is 0 Å². The van der Waals surface area contributed by atoms with Crippen molar-refractivity contribution in [3.8, 4) is 5.69 Å². The maximum atomic E-state index is 12.9. The Labute approximate surface area is 182 Å². The van der Waals surface area contributed by atoms with E-state index in [-0.39, 0.29) is 5.91 Å². The number of rotatable bonds is 8. The molecule has 4 aromatic rings. The molecule has 0 fully saturated rings. The second kappa shape index (κ2) is 9.23. The number of aromatic nitrogens is 4. The van der Waals surface area contributed by atoms with Crippen molar-refractivity contribution in [1.29, 1.82) is 0 Å². The van der Waals surface area contributed by atoms with Gasteiger partial charge < -0.3 is 9.30 Å². The first-order valence-corrected chi connectivity index (χ1v) is 10.6. The average molecular weight is 468 g/mol. The van der Waals surface area contributed by atoms with Crippen molar-refractivity contribution in [3.63, 3.8) is 0 Å². The number of anilines is 1. The number of amides is 1. The Morgan fingerprint density at radius 3 is 2.70 bits per heavy atom. The summed E-state index contributed by atoms with van der Waals surface area (Å²) in [5.74, 6) is 0.336. The van der Waals surface area contributed by atoms with Gasteiger partial charge in [0.1, 0.15) is 0 Å². The average Bonchev–Trinajstić information content (AvgIpc) is 3.35. The molecule has 0 bridgehead atoms. The van der Waals surface area contributed by atoms with Crippen LogP contribution in [-0.2, 0) is 11.3 Å². The molecular formula is C22H22BrN5O2. The molecule has 0 atom stereocenters. The summed E-state index contributed by atoms with van der Waals surface area (Å²) in [7, 11) is 0. The van der Waals surface area contributed by atoms with E-state index in [9.17, 15) is 4.79 Å². The Hall–Kier alpha value is -2.97. The minimum absolute atomic E-state index is 0.204. The maximum Gasteiger partial charge on any atom is 0.257 e. The van der Waals surface area contributed by atoms with Crippen LogP contribution in [0.2, 0.25) is 0 Å². The number of hydrogen-bond acceptors (Lipinski definition) is 4. The van der Waals surface area contributed by atoms with Gasteiger partial charge in [0.05, 0.1) is 27.4 Å². The lowest BCUT2D eigenvalue weighted by molar-refractivity contribution is 0.102. The highest BCUT2D eigenvalue weighted by Crippen LogP contribution is 2.21. The number of carbonyl (C=O) groups excluding carboxylic acids is 1. The summed E-state index contributed by atoms with van der Waals surface area (Å²) in [4.78, 5) is 17.5. The highest BCUT2D eigenvalue weighted by atomic mass is 79.9. The first-order valence-electron chi connectivity index (χ1n) is 9.80. The van der Waals surface area contributed by atoms with Crippen LogP contribution >= 0.6 is 15.9 Å². The molecule has 0 aliphatic rings. The molecule has 30 heavy (non-hydrogen) atoms. The van der Waals surface area contributed by atoms with Crippen LogP contribution < -0.4 is 5.32 Å². The van der Waals surface area contributed by atoms with Crippen LogP contribution in [0.1, 0.15) is 23.7 Å². The number of hydrogen-bond donors (Lipinski definition) is 1. The van der Waals surface area contributed by atoms with E-state index in [0.717, 1.165) is 27.6 Å². The lowest BCUT2D eigenvalue weighted by atomic mass is 10.2. The molecule has 8 heteroatoms. The van der Waals surface area contributed by atoms with Gasteiger partial charge in [-0.3, -0.25) is 10.1 Å². The molecule has 0 spiro atoms. The van der Waals surface area contributed by atoms with Crippen molar-refractivity contribution in [2.75, 3.05) is 18.5 Å². The fraction of sp³-hybridized carbons (Fsp3) is 0.227. The van der Waals surface area contributed by atoms with Crippen LogP contribution in [0.5, 0.6) is 0 Å². The molecule has 1 N–H and O–H groups in total. The largest absolute Gasteiger partial charge is 0.382 e. The van der Waals surface area contributed by atoms with Crippen LogP contribution in [0.25, 0.3) is 16.7 Å². The minimum atomic E-state index is -0.204. The number of halogens is 1. The van der Waals surface area contributed by atoms with Crippen LogP contribution in [0.15, 0.2) is 65.4 Å². The summed E-state index contributed by atoms with van der Waals surface area (Å²) in [6.45, 7) is 4.05. The highest BCUT2D eigenvalue weighted by molar-refractivity contribution is 9.10. The van der Waals surface area contributed by atoms with Gasteiger partial charge in [0.2, 0.25) is 5.95 Å². The molecular weight excluding hydrogens is 446 g/mol. The monoisotopic (exact) mass is 467 g/mol. The lowest BCUT2D eigenvalue weighted by Gasteiger charge is -2.10. The number of nitrogens with one attached hydrogen (secondary N) is 1. The van der Waals surface area contributed by atoms with Crippen molar-refractivity contribution in [1.82, 2.24) is 19.3 Å². The Morgan fingerprint density at radius 2 is 1.97 bits per heavy atom. The van der Waals surface area contributed by atoms with Crippen LogP contribution in [0, 0.1) is 0 Å². The van der Waals surface area contributed by atoms with Crippen LogP contribution in [-0.4, -0.2) is 38.5 Å². The van der Waals surface area contributed by atoms with Gasteiger partial charge in [-0.15, -0.1) is 0 Å². The smallest absolute Gasteiger partial charge is 0.257 e. The second-order valence-corrected chi connectivity index (χ2v) is 7.65. The van der Waals surface area contributed by atoms with Gasteiger partial charge in [-0.2, -0.15) is 5.10 Å². The molecule has 7 nitrogen and oxygen atoms in total. The summed E-state index contributed by atoms with van der Waals surface area (Å²) in [6.07, 6.45) is 4.42. The molecule has 2 aromatic heterocycles. The van der Waals surface area contributed by atoms with Gasteiger partial charge in [0, 0.05) is 31.5 Å². The number of carbonyl (C=O) groups is 1. The molecule has 0 aliphatic carbocycles. The lowest BCUT2D eigenvalue weighted by Crippen LogP contribution is -2.16. The zero-order chi connectivity index (χ0) is 20.9. The fourth-order valence-corrected chi connectivity index (χ4v) is 3.53. The van der Waals surface area contributed by atoms with E-state index in [1.807, 2.05) is 54.1 Å². The van der Waals surface area contributed by atoms with E-state index in [1.165, 1.54) is 0 Å². The number of benzene rings is 2. The standard InChI is InChI=1S/C22H22BrN5O2/c1-2-30-13-5-12-27-20-7-4-3-6-19(20)25-22(27)26-21(29)16-8-10-18(11-9-16)28-15-17(23)14-24-28/h3-4,6-11,14-15H,2,5,12-13H2,1H3,(H,25,26,29). The zero-order valence-electron chi connectivity index (χ0n) is 16.6. The Morgan fingerprint density at radius 1 is 1.17 bits per heavy atom. The van der Waals surface area contributed by atoms with E-state index in [2.05, 4.69) is 31.3 Å². The molecule has 0 saturated carbocycles. The molecule has 2 aromatic carbocycles. The molecule has 0 unspecified atom stereocenters. The third-order valence-corrected chi connectivity index (χ3v) is 5.11. The predicted molar refractivity (Wildman–Crippen MR) is 120 cm³/mol. The van der Waals surface area contributed by atoms with Crippen LogP contribution in [0.3, 0.4) is 0 Å². The molecule has 0 aliphatic heterocycles. The number of ether oxygens (including phenoxy) is 1. The number of para-hydroxylation sites is 2. The Bertz CT molecular complexity index is 1150. The predicted octanol–water partition coefficient (Wildman–Crippen LogP) is 4.66. The number of fused-ring (bicyclic) bond motifs is 1. The highest BCUT2D eigenvalue weighted by Gasteiger charge is 2.14. The zero-order valence-corrected chi connectivity index (χ0v) is 18.2. The molecule has 4 rings (SSSR count). The van der Waals surface area contributed by atoms with E-state index in [0.29, 0.717) is 31.3 Å². The summed E-state index contributed by atoms with van der Waals surface area (Å²) < 4.78 is 10.1. The first kappa shape index (κ1) is 20.3. The fourth-order valence-electron chi connectivity index (χ4n) is 3.25. The van der Waals surface area contributed by atoms with Crippen molar-refractivity contribution in [2.24, 2.45) is 0 Å². The third kappa shape index (κ3) is 4.44. The van der Waals surface area contributed by atoms with E-state index in [1.54, 1.807) is 23.0 Å². The third-order valence-electron chi connectivity index (χ3n) is 4.70. The number of aryl methyl sites for hydroxylation is 1. The maximum absolute atomic E-state index is 12.9. The molecule has 2 heterocycles. The summed E-state index contributed by atoms with van der Waals surface area (Å²) in [6, 6.07) is 15.2. The Balaban J connectivity index is 1.53. The van der Waals surface area contributed by atoms with Crippen molar-refractivity contribution in [2.45, 2.75) is 19.9 Å². The van der Waals surface area contributed by atoms with E-state index in [4.69, 9.17) is 4.74 Å². The normalized spacial score (nSPS) is 11.1. The van der Waals surface area contributed by atoms with Gasteiger partial charge in [-0.1, -0.05) is 12.1 Å². The number of nitrogens with zero attached hydrogens (tertiary/aromatic N) is 4. The number of imidazole rings is 1. The summed E-state index contributed by atoms with van der Waals surface area (Å²) >= 11 is 3.39. The van der Waals surface area contributed by atoms with E-state index >= 15 is 0 Å². The van der Waals surface area contributed by atoms with Crippen molar-refractivity contribution in [3.05, 3.63) is 71.0 Å². The Kier molecular flexibility index (Phi) is 6.25.